The predicted molar refractivity (Wildman–Crippen MR) is 60.0 cm³/mol. The van der Waals surface area contributed by atoms with Crippen molar-refractivity contribution in [3.63, 3.8) is 0 Å². The second-order valence-electron chi connectivity index (χ2n) is 2.97. The summed E-state index contributed by atoms with van der Waals surface area (Å²) in [6.07, 6.45) is 0. The topological polar surface area (TPSA) is 111 Å². The van der Waals surface area contributed by atoms with E-state index in [0.717, 1.165) is 0 Å². The number of nitrogens with one attached hydrogen (secondary N) is 1. The van der Waals surface area contributed by atoms with E-state index in [1.807, 2.05) is 0 Å². The molecule has 2 aromatic rings. The monoisotopic (exact) mass is 241 g/mol. The molecule has 1 aromatic heterocycles. The lowest BCUT2D eigenvalue weighted by Gasteiger charge is -1.98. The molecule has 3 N–H and O–H groups in total. The second kappa shape index (κ2) is 3.78. The Bertz CT molecular complexity index is 559. The first-order valence-corrected chi connectivity index (χ1v) is 4.58. The van der Waals surface area contributed by atoms with E-state index in [9.17, 15) is 10.1 Å². The van der Waals surface area contributed by atoms with Crippen LogP contribution in [0.4, 0.5) is 11.6 Å². The largest absolute Gasteiger partial charge is 0.366 e. The van der Waals surface area contributed by atoms with Crippen LogP contribution in [0.25, 0.3) is 11.4 Å². The first kappa shape index (κ1) is 10.4. The molecule has 7 nitrogen and oxygen atoms in total. The van der Waals surface area contributed by atoms with Gasteiger partial charge in [-0.2, -0.15) is 4.98 Å². The lowest BCUT2D eigenvalue weighted by molar-refractivity contribution is -0.384. The van der Waals surface area contributed by atoms with E-state index in [1.54, 1.807) is 6.07 Å². The van der Waals surface area contributed by atoms with Gasteiger partial charge in [-0.1, -0.05) is 11.6 Å². The van der Waals surface area contributed by atoms with E-state index in [-0.39, 0.29) is 18.1 Å². The molecular formula is C8H8ClN5O2. The number of benzene rings is 1. The third-order valence-electron chi connectivity index (χ3n) is 1.92. The summed E-state index contributed by atoms with van der Waals surface area (Å²) in [5.74, 6) is 0.435. The number of aromatic nitrogens is 3. The van der Waals surface area contributed by atoms with Gasteiger partial charge in [-0.3, -0.25) is 15.2 Å². The molecule has 0 atom stereocenters. The number of H-pyrrole nitrogens is 1. The molecule has 0 saturated carbocycles. The number of nitrogens with two attached hydrogens (primary N) is 1. The van der Waals surface area contributed by atoms with Gasteiger partial charge in [0.05, 0.1) is 4.92 Å². The van der Waals surface area contributed by atoms with Gasteiger partial charge in [0.2, 0.25) is 5.95 Å². The molecule has 0 saturated heterocycles. The van der Waals surface area contributed by atoms with Crippen molar-refractivity contribution in [2.75, 3.05) is 5.73 Å². The van der Waals surface area contributed by atoms with E-state index in [0.29, 0.717) is 11.4 Å². The molecule has 0 aliphatic rings. The Labute approximate surface area is 95.9 Å². The molecule has 0 spiro atoms. The number of hydrogen-bond donors (Lipinski definition) is 2. The molecule has 0 radical (unpaired) electrons. The van der Waals surface area contributed by atoms with Gasteiger partial charge in [0, 0.05) is 13.1 Å². The minimum absolute atomic E-state index is 0. The van der Waals surface area contributed by atoms with Crippen molar-refractivity contribution in [1.29, 1.82) is 0 Å². The summed E-state index contributed by atoms with van der Waals surface area (Å²) in [4.78, 5) is 14.0. The van der Waals surface area contributed by atoms with Crippen LogP contribution in [0.15, 0.2) is 18.2 Å². The molecular weight excluding hydrogens is 234 g/mol. The van der Waals surface area contributed by atoms with Crippen LogP contribution in [0.5, 0.6) is 0 Å². The highest BCUT2D eigenvalue weighted by molar-refractivity contribution is 6.32. The van der Waals surface area contributed by atoms with Gasteiger partial charge < -0.3 is 5.73 Å². The van der Waals surface area contributed by atoms with Gasteiger partial charge in [0.25, 0.3) is 5.69 Å². The number of nitrogens with zero attached hydrogens (tertiary/aromatic N) is 3. The summed E-state index contributed by atoms with van der Waals surface area (Å²) in [7, 11) is 0. The molecule has 84 valence electrons. The summed E-state index contributed by atoms with van der Waals surface area (Å²) < 4.78 is 0. The Morgan fingerprint density at radius 3 is 2.88 bits per heavy atom. The van der Waals surface area contributed by atoms with Crippen molar-refractivity contribution in [3.05, 3.63) is 33.3 Å². The fourth-order valence-electron chi connectivity index (χ4n) is 1.20. The maximum absolute atomic E-state index is 10.7. The summed E-state index contributed by atoms with van der Waals surface area (Å²) in [5.41, 5.74) is 5.64. The zero-order valence-corrected chi connectivity index (χ0v) is 8.60. The normalized spacial score (nSPS) is 10.3. The van der Waals surface area contributed by atoms with Gasteiger partial charge >= 0.3 is 0 Å². The summed E-state index contributed by atoms with van der Waals surface area (Å²) in [6.45, 7) is 0. The first-order valence-electron chi connectivity index (χ1n) is 4.20. The third kappa shape index (κ3) is 1.80. The summed E-state index contributed by atoms with van der Waals surface area (Å²) in [5, 5.41) is 16.9. The number of halogens is 1. The Kier molecular flexibility index (Phi) is 2.45. The SMILES string of the molecule is Nc1n[nH]c(-c2ccc(Cl)c([N+](=O)[O-])c2)n1.[HH]. The Balaban J connectivity index is 0.00000144. The van der Waals surface area contributed by atoms with Gasteiger partial charge in [-0.05, 0) is 12.1 Å². The van der Waals surface area contributed by atoms with E-state index >= 15 is 0 Å². The van der Waals surface area contributed by atoms with E-state index in [2.05, 4.69) is 15.2 Å². The first-order chi connectivity index (χ1) is 7.58. The van der Waals surface area contributed by atoms with Crippen molar-refractivity contribution in [2.24, 2.45) is 0 Å². The number of rotatable bonds is 2. The molecule has 16 heavy (non-hydrogen) atoms. The van der Waals surface area contributed by atoms with Crippen molar-refractivity contribution >= 4 is 23.2 Å². The Hall–Kier alpha value is -2.15. The van der Waals surface area contributed by atoms with Crippen LogP contribution in [0, 0.1) is 10.1 Å². The average Bonchev–Trinajstić information content (AvgIpc) is 2.65. The maximum atomic E-state index is 10.7. The molecule has 0 amide bonds. The summed E-state index contributed by atoms with van der Waals surface area (Å²) in [6, 6.07) is 4.32. The molecule has 1 heterocycles. The molecule has 0 unspecified atom stereocenters. The van der Waals surface area contributed by atoms with Crippen LogP contribution in [0.2, 0.25) is 5.02 Å². The van der Waals surface area contributed by atoms with Gasteiger partial charge in [-0.25, -0.2) is 0 Å². The fourth-order valence-corrected chi connectivity index (χ4v) is 1.39. The maximum Gasteiger partial charge on any atom is 0.288 e. The predicted octanol–water partition coefficient (Wildman–Crippen LogP) is 1.86. The van der Waals surface area contributed by atoms with Crippen LogP contribution in [0.3, 0.4) is 0 Å². The number of aromatic amines is 1. The molecule has 8 heteroatoms. The molecule has 0 aliphatic carbocycles. The number of anilines is 1. The highest BCUT2D eigenvalue weighted by Gasteiger charge is 2.14. The molecule has 0 aliphatic heterocycles. The molecule has 2 rings (SSSR count). The van der Waals surface area contributed by atoms with Crippen LogP contribution in [-0.4, -0.2) is 20.1 Å². The highest BCUT2D eigenvalue weighted by atomic mass is 35.5. The van der Waals surface area contributed by atoms with E-state index in [1.165, 1.54) is 12.1 Å². The van der Waals surface area contributed by atoms with Crippen LogP contribution < -0.4 is 5.73 Å². The van der Waals surface area contributed by atoms with Gasteiger partial charge in [-0.15, -0.1) is 5.10 Å². The van der Waals surface area contributed by atoms with Crippen molar-refractivity contribution in [2.45, 2.75) is 0 Å². The average molecular weight is 242 g/mol. The van der Waals surface area contributed by atoms with E-state index in [4.69, 9.17) is 17.3 Å². The number of nitro groups is 1. The minimum Gasteiger partial charge on any atom is -0.366 e. The van der Waals surface area contributed by atoms with Crippen molar-refractivity contribution in [3.8, 4) is 11.4 Å². The third-order valence-corrected chi connectivity index (χ3v) is 2.24. The molecule has 0 fully saturated rings. The molecule has 1 aromatic carbocycles. The van der Waals surface area contributed by atoms with Crippen molar-refractivity contribution < 1.29 is 6.35 Å². The smallest absolute Gasteiger partial charge is 0.288 e. The quantitative estimate of drug-likeness (QED) is 0.616. The lowest BCUT2D eigenvalue weighted by atomic mass is 10.2. The van der Waals surface area contributed by atoms with Crippen molar-refractivity contribution in [1.82, 2.24) is 15.2 Å². The standard InChI is InChI=1S/C8H6ClN5O2.H2/c9-5-2-1-4(3-6(5)14(15)16)7-11-8(10)13-12-7;/h1-3H,(H3,10,11,12,13);1H. The number of hydrogen-bond acceptors (Lipinski definition) is 5. The second-order valence-corrected chi connectivity index (χ2v) is 3.37. The van der Waals surface area contributed by atoms with E-state index < -0.39 is 4.92 Å². The van der Waals surface area contributed by atoms with Gasteiger partial charge in [0.15, 0.2) is 5.82 Å². The zero-order valence-electron chi connectivity index (χ0n) is 7.85. The van der Waals surface area contributed by atoms with Crippen LogP contribution in [0.1, 0.15) is 1.43 Å². The Morgan fingerprint density at radius 2 is 2.31 bits per heavy atom. The van der Waals surface area contributed by atoms with Crippen LogP contribution >= 0.6 is 11.6 Å². The zero-order chi connectivity index (χ0) is 11.7. The summed E-state index contributed by atoms with van der Waals surface area (Å²) >= 11 is 5.67. The van der Waals surface area contributed by atoms with Crippen LogP contribution in [-0.2, 0) is 0 Å². The fraction of sp³-hybridized carbons (Fsp3) is 0. The minimum atomic E-state index is -0.564. The Morgan fingerprint density at radius 1 is 1.56 bits per heavy atom. The molecule has 0 bridgehead atoms. The highest BCUT2D eigenvalue weighted by Crippen LogP contribution is 2.28. The van der Waals surface area contributed by atoms with Gasteiger partial charge in [0.1, 0.15) is 5.02 Å². The number of nitro benzene ring substituents is 1. The number of nitrogen functional groups attached to an aromatic ring is 1. The lowest BCUT2D eigenvalue weighted by Crippen LogP contribution is -1.91.